The van der Waals surface area contributed by atoms with Gasteiger partial charge in [0.2, 0.25) is 0 Å². The summed E-state index contributed by atoms with van der Waals surface area (Å²) in [7, 11) is 0. The topological polar surface area (TPSA) is 46.2 Å². The minimum Gasteiger partial charge on any atom is -0.388 e. The second-order valence-corrected chi connectivity index (χ2v) is 4.43. The normalized spacial score (nSPS) is 15.0. The molecule has 2 nitrogen and oxygen atoms in total. The first-order chi connectivity index (χ1) is 7.04. The van der Waals surface area contributed by atoms with Gasteiger partial charge in [-0.05, 0) is 30.5 Å². The molecule has 0 aliphatic carbocycles. The van der Waals surface area contributed by atoms with E-state index in [-0.39, 0.29) is 6.04 Å². The Morgan fingerprint density at radius 3 is 2.60 bits per heavy atom. The van der Waals surface area contributed by atoms with Crippen LogP contribution in [0.3, 0.4) is 0 Å². The lowest BCUT2D eigenvalue weighted by Crippen LogP contribution is -2.21. The van der Waals surface area contributed by atoms with Crippen LogP contribution < -0.4 is 5.73 Å². The standard InChI is InChI=1S/C11H15Cl2NO/c1-2-8(14)6-11(15)9-4-3-7(12)5-10(9)13/h3-5,8,11,15H,2,6,14H2,1H3. The summed E-state index contributed by atoms with van der Waals surface area (Å²) in [6, 6.07) is 5.06. The summed E-state index contributed by atoms with van der Waals surface area (Å²) < 4.78 is 0. The quantitative estimate of drug-likeness (QED) is 0.859. The molecule has 15 heavy (non-hydrogen) atoms. The first kappa shape index (κ1) is 12.8. The van der Waals surface area contributed by atoms with Gasteiger partial charge in [0.25, 0.3) is 0 Å². The highest BCUT2D eigenvalue weighted by atomic mass is 35.5. The van der Waals surface area contributed by atoms with Crippen LogP contribution in [-0.2, 0) is 0 Å². The van der Waals surface area contributed by atoms with Crippen molar-refractivity contribution in [2.75, 3.05) is 0 Å². The lowest BCUT2D eigenvalue weighted by atomic mass is 10.0. The molecule has 0 bridgehead atoms. The minimum absolute atomic E-state index is 0.00764. The molecule has 0 aliphatic heterocycles. The van der Waals surface area contributed by atoms with Crippen molar-refractivity contribution in [1.29, 1.82) is 0 Å². The summed E-state index contributed by atoms with van der Waals surface area (Å²) in [6.45, 7) is 1.99. The minimum atomic E-state index is -0.621. The van der Waals surface area contributed by atoms with Crippen LogP contribution in [0.4, 0.5) is 0 Å². The lowest BCUT2D eigenvalue weighted by molar-refractivity contribution is 0.157. The highest BCUT2D eigenvalue weighted by molar-refractivity contribution is 6.35. The first-order valence-corrected chi connectivity index (χ1v) is 5.68. The van der Waals surface area contributed by atoms with E-state index in [0.717, 1.165) is 6.42 Å². The SMILES string of the molecule is CCC(N)CC(O)c1ccc(Cl)cc1Cl. The molecule has 84 valence electrons. The first-order valence-electron chi connectivity index (χ1n) is 4.93. The zero-order valence-electron chi connectivity index (χ0n) is 8.58. The molecule has 0 aromatic heterocycles. The number of rotatable bonds is 4. The van der Waals surface area contributed by atoms with Crippen molar-refractivity contribution in [2.45, 2.75) is 31.9 Å². The molecule has 0 amide bonds. The highest BCUT2D eigenvalue weighted by Gasteiger charge is 2.14. The molecular weight excluding hydrogens is 233 g/mol. The number of nitrogens with two attached hydrogens (primary N) is 1. The zero-order valence-corrected chi connectivity index (χ0v) is 10.1. The van der Waals surface area contributed by atoms with Gasteiger partial charge in [0.05, 0.1) is 6.10 Å². The van der Waals surface area contributed by atoms with Gasteiger partial charge in [-0.2, -0.15) is 0 Å². The molecule has 0 heterocycles. The van der Waals surface area contributed by atoms with E-state index >= 15 is 0 Å². The van der Waals surface area contributed by atoms with Crippen LogP contribution in [0.5, 0.6) is 0 Å². The van der Waals surface area contributed by atoms with Crippen molar-refractivity contribution in [3.8, 4) is 0 Å². The second kappa shape index (κ2) is 5.71. The van der Waals surface area contributed by atoms with E-state index in [1.807, 2.05) is 6.92 Å². The number of aliphatic hydroxyl groups excluding tert-OH is 1. The van der Waals surface area contributed by atoms with E-state index in [2.05, 4.69) is 0 Å². The summed E-state index contributed by atoms with van der Waals surface area (Å²) in [5, 5.41) is 10.9. The number of hydrogen-bond acceptors (Lipinski definition) is 2. The van der Waals surface area contributed by atoms with Crippen molar-refractivity contribution < 1.29 is 5.11 Å². The van der Waals surface area contributed by atoms with E-state index in [1.165, 1.54) is 0 Å². The Labute approximate surface area is 100.0 Å². The lowest BCUT2D eigenvalue weighted by Gasteiger charge is -2.16. The fourth-order valence-corrected chi connectivity index (χ4v) is 1.89. The van der Waals surface area contributed by atoms with Crippen LogP contribution in [0.15, 0.2) is 18.2 Å². The Morgan fingerprint density at radius 1 is 1.40 bits per heavy atom. The van der Waals surface area contributed by atoms with E-state index in [4.69, 9.17) is 28.9 Å². The van der Waals surface area contributed by atoms with E-state index in [9.17, 15) is 5.11 Å². The van der Waals surface area contributed by atoms with Crippen LogP contribution in [0.25, 0.3) is 0 Å². The predicted molar refractivity (Wildman–Crippen MR) is 64.3 cm³/mol. The Kier molecular flexibility index (Phi) is 4.87. The second-order valence-electron chi connectivity index (χ2n) is 3.59. The van der Waals surface area contributed by atoms with Gasteiger partial charge < -0.3 is 10.8 Å². The van der Waals surface area contributed by atoms with E-state index < -0.39 is 6.10 Å². The summed E-state index contributed by atoms with van der Waals surface area (Å²) in [5.74, 6) is 0. The molecule has 2 atom stereocenters. The maximum absolute atomic E-state index is 9.89. The van der Waals surface area contributed by atoms with Gasteiger partial charge in [0.1, 0.15) is 0 Å². The molecule has 0 radical (unpaired) electrons. The van der Waals surface area contributed by atoms with Gasteiger partial charge >= 0.3 is 0 Å². The Balaban J connectivity index is 2.77. The molecule has 1 aromatic rings. The maximum atomic E-state index is 9.89. The molecular formula is C11H15Cl2NO. The van der Waals surface area contributed by atoms with Gasteiger partial charge in [-0.25, -0.2) is 0 Å². The van der Waals surface area contributed by atoms with Crippen molar-refractivity contribution in [1.82, 2.24) is 0 Å². The molecule has 0 saturated heterocycles. The fraction of sp³-hybridized carbons (Fsp3) is 0.455. The van der Waals surface area contributed by atoms with E-state index in [0.29, 0.717) is 22.0 Å². The number of hydrogen-bond donors (Lipinski definition) is 2. The molecule has 1 rings (SSSR count). The van der Waals surface area contributed by atoms with Crippen LogP contribution in [-0.4, -0.2) is 11.1 Å². The largest absolute Gasteiger partial charge is 0.388 e. The maximum Gasteiger partial charge on any atom is 0.0819 e. The molecule has 1 aromatic carbocycles. The van der Waals surface area contributed by atoms with Crippen LogP contribution in [0.2, 0.25) is 10.0 Å². The van der Waals surface area contributed by atoms with Crippen molar-refractivity contribution in [3.63, 3.8) is 0 Å². The van der Waals surface area contributed by atoms with Gasteiger partial charge in [-0.3, -0.25) is 0 Å². The van der Waals surface area contributed by atoms with Crippen molar-refractivity contribution >= 4 is 23.2 Å². The molecule has 4 heteroatoms. The number of benzene rings is 1. The van der Waals surface area contributed by atoms with Gasteiger partial charge in [0, 0.05) is 16.1 Å². The highest BCUT2D eigenvalue weighted by Crippen LogP contribution is 2.28. The van der Waals surface area contributed by atoms with Crippen LogP contribution in [0.1, 0.15) is 31.4 Å². The molecule has 0 fully saturated rings. The molecule has 0 spiro atoms. The number of aliphatic hydroxyl groups is 1. The van der Waals surface area contributed by atoms with Crippen molar-refractivity contribution in [2.24, 2.45) is 5.73 Å². The third kappa shape index (κ3) is 3.65. The summed E-state index contributed by atoms with van der Waals surface area (Å²) in [5.41, 5.74) is 6.45. The van der Waals surface area contributed by atoms with Gasteiger partial charge in [0.15, 0.2) is 0 Å². The van der Waals surface area contributed by atoms with Gasteiger partial charge in [-0.15, -0.1) is 0 Å². The average molecular weight is 248 g/mol. The van der Waals surface area contributed by atoms with Crippen LogP contribution >= 0.6 is 23.2 Å². The summed E-state index contributed by atoms with van der Waals surface area (Å²) in [6.07, 6.45) is 0.727. The average Bonchev–Trinajstić information content (AvgIpc) is 2.17. The summed E-state index contributed by atoms with van der Waals surface area (Å²) >= 11 is 11.7. The molecule has 0 saturated carbocycles. The van der Waals surface area contributed by atoms with Gasteiger partial charge in [-0.1, -0.05) is 36.2 Å². The molecule has 3 N–H and O–H groups in total. The number of halogens is 2. The third-order valence-corrected chi connectivity index (χ3v) is 2.93. The summed E-state index contributed by atoms with van der Waals surface area (Å²) in [4.78, 5) is 0. The van der Waals surface area contributed by atoms with Crippen LogP contribution in [0, 0.1) is 0 Å². The third-order valence-electron chi connectivity index (χ3n) is 2.37. The molecule has 0 aliphatic rings. The fourth-order valence-electron chi connectivity index (χ4n) is 1.35. The predicted octanol–water partition coefficient (Wildman–Crippen LogP) is 3.15. The molecule has 2 unspecified atom stereocenters. The monoisotopic (exact) mass is 247 g/mol. The zero-order chi connectivity index (χ0) is 11.4. The Hall–Kier alpha value is -0.280. The van der Waals surface area contributed by atoms with Crippen molar-refractivity contribution in [3.05, 3.63) is 33.8 Å². The Bertz CT molecular complexity index is 330. The smallest absolute Gasteiger partial charge is 0.0819 e. The Morgan fingerprint density at radius 2 is 2.07 bits per heavy atom. The van der Waals surface area contributed by atoms with E-state index in [1.54, 1.807) is 18.2 Å².